The average molecular weight is 538 g/mol. The third-order valence-electron chi connectivity index (χ3n) is 5.75. The summed E-state index contributed by atoms with van der Waals surface area (Å²) in [5.74, 6) is -0.236. The van der Waals surface area contributed by atoms with Gasteiger partial charge in [0.05, 0.1) is 25.6 Å². The zero-order valence-corrected chi connectivity index (χ0v) is 23.7. The predicted molar refractivity (Wildman–Crippen MR) is 150 cm³/mol. The molecule has 202 valence electrons. The van der Waals surface area contributed by atoms with Crippen LogP contribution in [-0.2, 0) is 9.59 Å². The molecule has 1 aromatic heterocycles. The minimum absolute atomic E-state index is 0.295. The van der Waals surface area contributed by atoms with Gasteiger partial charge in [-0.3, -0.25) is 19.3 Å². The Morgan fingerprint density at radius 1 is 0.974 bits per heavy atom. The van der Waals surface area contributed by atoms with Gasteiger partial charge in [0.25, 0.3) is 5.91 Å². The van der Waals surface area contributed by atoms with E-state index in [9.17, 15) is 14.4 Å². The number of amides is 3. The first kappa shape index (κ1) is 28.7. The lowest BCUT2D eigenvalue weighted by Gasteiger charge is -2.35. The smallest absolute Gasteiger partial charge is 0.261 e. The van der Waals surface area contributed by atoms with Crippen LogP contribution < -0.4 is 25.0 Å². The summed E-state index contributed by atoms with van der Waals surface area (Å²) < 4.78 is 10.9. The molecule has 0 aliphatic rings. The Bertz CT molecular complexity index is 1300. The van der Waals surface area contributed by atoms with E-state index in [0.29, 0.717) is 27.6 Å². The molecule has 0 saturated carbocycles. The molecule has 1 heterocycles. The van der Waals surface area contributed by atoms with Crippen LogP contribution in [0.1, 0.15) is 53.2 Å². The fraction of sp³-hybridized carbons (Fsp3) is 0.345. The van der Waals surface area contributed by atoms with Crippen LogP contribution >= 0.6 is 11.3 Å². The van der Waals surface area contributed by atoms with Gasteiger partial charge in [-0.2, -0.15) is 0 Å². The van der Waals surface area contributed by atoms with Gasteiger partial charge in [-0.25, -0.2) is 0 Å². The fourth-order valence-electron chi connectivity index (χ4n) is 4.11. The maximum atomic E-state index is 13.9. The molecule has 38 heavy (non-hydrogen) atoms. The number of thiophene rings is 1. The van der Waals surface area contributed by atoms with Crippen molar-refractivity contribution in [2.24, 2.45) is 0 Å². The molecule has 3 amide bonds. The Kier molecular flexibility index (Phi) is 9.17. The van der Waals surface area contributed by atoms with Crippen molar-refractivity contribution in [2.45, 2.75) is 46.2 Å². The third-order valence-corrected chi connectivity index (χ3v) is 6.62. The molecule has 2 aromatic carbocycles. The minimum atomic E-state index is -1.05. The van der Waals surface area contributed by atoms with Gasteiger partial charge in [0, 0.05) is 11.2 Å². The van der Waals surface area contributed by atoms with Gasteiger partial charge >= 0.3 is 0 Å². The minimum Gasteiger partial charge on any atom is -0.493 e. The lowest BCUT2D eigenvalue weighted by atomic mass is 9.99. The highest BCUT2D eigenvalue weighted by Gasteiger charge is 2.35. The number of rotatable bonds is 9. The van der Waals surface area contributed by atoms with Gasteiger partial charge in [-0.15, -0.1) is 11.3 Å². The summed E-state index contributed by atoms with van der Waals surface area (Å²) >= 11 is 1.29. The summed E-state index contributed by atoms with van der Waals surface area (Å²) in [6.45, 7) is 9.18. The van der Waals surface area contributed by atoms with Crippen LogP contribution in [0, 0.1) is 13.8 Å². The fourth-order valence-corrected chi connectivity index (χ4v) is 4.75. The van der Waals surface area contributed by atoms with Crippen molar-refractivity contribution >= 4 is 34.7 Å². The van der Waals surface area contributed by atoms with Crippen molar-refractivity contribution in [2.75, 3.05) is 25.7 Å². The number of aryl methyl sites for hydroxylation is 2. The molecule has 3 rings (SSSR count). The van der Waals surface area contributed by atoms with Gasteiger partial charge in [0.15, 0.2) is 11.5 Å². The normalized spacial score (nSPS) is 11.9. The highest BCUT2D eigenvalue weighted by atomic mass is 32.1. The van der Waals surface area contributed by atoms with E-state index in [-0.39, 0.29) is 18.4 Å². The first-order valence-electron chi connectivity index (χ1n) is 12.2. The highest BCUT2D eigenvalue weighted by molar-refractivity contribution is 7.12. The number of methoxy groups -OCH3 is 2. The molecular weight excluding hydrogens is 502 g/mol. The highest BCUT2D eigenvalue weighted by Crippen LogP contribution is 2.36. The van der Waals surface area contributed by atoms with Crippen molar-refractivity contribution < 1.29 is 23.9 Å². The zero-order chi connectivity index (χ0) is 28.0. The lowest BCUT2D eigenvalue weighted by Crippen LogP contribution is -2.51. The first-order valence-corrected chi connectivity index (χ1v) is 13.1. The molecule has 0 saturated heterocycles. The first-order chi connectivity index (χ1) is 17.9. The van der Waals surface area contributed by atoms with E-state index >= 15 is 0 Å². The molecule has 8 nitrogen and oxygen atoms in total. The van der Waals surface area contributed by atoms with Gasteiger partial charge in [0.1, 0.15) is 6.04 Å². The molecule has 3 aromatic rings. The molecule has 0 unspecified atom stereocenters. The molecule has 1 atom stereocenters. The number of nitrogens with zero attached hydrogens (tertiary/aromatic N) is 1. The molecule has 9 heteroatoms. The largest absolute Gasteiger partial charge is 0.493 e. The molecule has 0 bridgehead atoms. The number of benzene rings is 2. The second kappa shape index (κ2) is 12.1. The SMILES string of the molecule is COc1ccc([C@H](C(=O)NC(C)(C)C)N(C(=O)CNC(=O)c2cccs2)c2ccc(C)cc2C)cc1OC. The number of nitrogens with one attached hydrogen (secondary N) is 2. The van der Waals surface area contributed by atoms with Crippen LogP contribution in [0.25, 0.3) is 0 Å². The van der Waals surface area contributed by atoms with E-state index in [2.05, 4.69) is 10.6 Å². The Balaban J connectivity index is 2.13. The van der Waals surface area contributed by atoms with E-state index in [1.54, 1.807) is 35.7 Å². The number of hydrogen-bond acceptors (Lipinski definition) is 6. The topological polar surface area (TPSA) is 97.0 Å². The predicted octanol–water partition coefficient (Wildman–Crippen LogP) is 4.80. The van der Waals surface area contributed by atoms with Crippen LogP contribution in [0.3, 0.4) is 0 Å². The number of hydrogen-bond donors (Lipinski definition) is 2. The summed E-state index contributed by atoms with van der Waals surface area (Å²) in [7, 11) is 3.04. The van der Waals surface area contributed by atoms with E-state index in [4.69, 9.17) is 9.47 Å². The van der Waals surface area contributed by atoms with Crippen molar-refractivity contribution in [3.63, 3.8) is 0 Å². The maximum Gasteiger partial charge on any atom is 0.261 e. The Hall–Kier alpha value is -3.85. The number of carbonyl (C=O) groups is 3. The zero-order valence-electron chi connectivity index (χ0n) is 22.9. The van der Waals surface area contributed by atoms with Crippen molar-refractivity contribution in [1.29, 1.82) is 0 Å². The van der Waals surface area contributed by atoms with Crippen LogP contribution in [0.4, 0.5) is 5.69 Å². The number of anilines is 1. The van der Waals surface area contributed by atoms with Gasteiger partial charge in [-0.1, -0.05) is 29.8 Å². The van der Waals surface area contributed by atoms with Gasteiger partial charge < -0.3 is 20.1 Å². The Morgan fingerprint density at radius 3 is 2.26 bits per heavy atom. The molecule has 0 aliphatic carbocycles. The van der Waals surface area contributed by atoms with Crippen LogP contribution in [0.2, 0.25) is 0 Å². The molecule has 0 spiro atoms. The van der Waals surface area contributed by atoms with Gasteiger partial charge in [0.2, 0.25) is 11.8 Å². The Morgan fingerprint density at radius 2 is 1.68 bits per heavy atom. The number of carbonyl (C=O) groups excluding carboxylic acids is 3. The summed E-state index contributed by atoms with van der Waals surface area (Å²) in [6, 6.07) is 13.2. The lowest BCUT2D eigenvalue weighted by molar-refractivity contribution is -0.127. The van der Waals surface area contributed by atoms with Crippen molar-refractivity contribution in [3.05, 3.63) is 75.5 Å². The van der Waals surface area contributed by atoms with E-state index < -0.39 is 17.5 Å². The second-order valence-electron chi connectivity index (χ2n) is 9.97. The average Bonchev–Trinajstić information content (AvgIpc) is 3.40. The summed E-state index contributed by atoms with van der Waals surface area (Å²) in [5.41, 5.74) is 2.37. The van der Waals surface area contributed by atoms with Crippen LogP contribution in [0.5, 0.6) is 11.5 Å². The summed E-state index contributed by atoms with van der Waals surface area (Å²) in [4.78, 5) is 42.3. The second-order valence-corrected chi connectivity index (χ2v) is 10.9. The monoisotopic (exact) mass is 537 g/mol. The molecule has 0 fully saturated rings. The summed E-state index contributed by atoms with van der Waals surface area (Å²) in [6.07, 6.45) is 0. The molecule has 0 aliphatic heterocycles. The number of ether oxygens (including phenoxy) is 2. The quantitative estimate of drug-likeness (QED) is 0.409. The van der Waals surface area contributed by atoms with Gasteiger partial charge in [-0.05, 0) is 75.4 Å². The van der Waals surface area contributed by atoms with Crippen molar-refractivity contribution in [1.82, 2.24) is 10.6 Å². The van der Waals surface area contributed by atoms with E-state index in [1.807, 2.05) is 52.8 Å². The Labute approximate surface area is 228 Å². The van der Waals surface area contributed by atoms with Crippen molar-refractivity contribution in [3.8, 4) is 11.5 Å². The molecule has 2 N–H and O–H groups in total. The van der Waals surface area contributed by atoms with Crippen LogP contribution in [0.15, 0.2) is 53.9 Å². The maximum absolute atomic E-state index is 13.9. The third kappa shape index (κ3) is 6.92. The van der Waals surface area contributed by atoms with Crippen LogP contribution in [-0.4, -0.2) is 44.0 Å². The molecular formula is C29H35N3O5S. The molecule has 0 radical (unpaired) electrons. The van der Waals surface area contributed by atoms with E-state index in [1.165, 1.54) is 30.5 Å². The standard InChI is InChI=1S/C29H35N3O5S/c1-18-10-12-21(19(2)15-18)32(25(33)17-30-27(34)24-9-8-14-38-24)26(28(35)31-29(3,4)5)20-11-13-22(36-6)23(16-20)37-7/h8-16,26H,17H2,1-7H3,(H,30,34)(H,31,35)/t26-/m1/s1. The summed E-state index contributed by atoms with van der Waals surface area (Å²) in [5, 5.41) is 7.51. The van der Waals surface area contributed by atoms with E-state index in [0.717, 1.165) is 11.1 Å².